The number of ether oxygens (including phenoxy) is 2. The van der Waals surface area contributed by atoms with Gasteiger partial charge in [-0.2, -0.15) is 4.31 Å². The van der Waals surface area contributed by atoms with Crippen LogP contribution in [0.5, 0.6) is 17.2 Å². The van der Waals surface area contributed by atoms with Gasteiger partial charge in [0.1, 0.15) is 11.5 Å². The molecule has 3 aromatic rings. The molecule has 1 aliphatic heterocycles. The smallest absolute Gasteiger partial charge is 0.246 e. The summed E-state index contributed by atoms with van der Waals surface area (Å²) in [6.45, 7) is 0.877. The van der Waals surface area contributed by atoms with Gasteiger partial charge < -0.3 is 14.4 Å². The van der Waals surface area contributed by atoms with E-state index in [4.69, 9.17) is 9.47 Å². The normalized spacial score (nSPS) is 14.7. The molecule has 1 fully saturated rings. The maximum atomic E-state index is 14.4. The predicted molar refractivity (Wildman–Crippen MR) is 128 cm³/mol. The molecular formula is C25H24FN3O5S. The molecule has 10 heteroatoms. The molecule has 0 saturated carbocycles. The molecular weight excluding hydrogens is 473 g/mol. The summed E-state index contributed by atoms with van der Waals surface area (Å²) >= 11 is 0. The van der Waals surface area contributed by atoms with Gasteiger partial charge in [0.05, 0.1) is 18.2 Å². The Labute approximate surface area is 203 Å². The van der Waals surface area contributed by atoms with Crippen LogP contribution in [0.3, 0.4) is 0 Å². The maximum absolute atomic E-state index is 14.4. The van der Waals surface area contributed by atoms with E-state index in [9.17, 15) is 17.6 Å². The minimum absolute atomic E-state index is 0.0515. The van der Waals surface area contributed by atoms with Crippen molar-refractivity contribution in [3.63, 3.8) is 0 Å². The number of carbonyl (C=O) groups is 1. The van der Waals surface area contributed by atoms with Crippen LogP contribution in [-0.4, -0.2) is 61.8 Å². The van der Waals surface area contributed by atoms with E-state index in [1.165, 1.54) is 54.0 Å². The number of pyridine rings is 1. The lowest BCUT2D eigenvalue weighted by molar-refractivity contribution is -0.127. The number of rotatable bonds is 7. The molecule has 0 aliphatic carbocycles. The Bertz CT molecular complexity index is 1310. The molecule has 2 aromatic carbocycles. The molecule has 0 bridgehead atoms. The van der Waals surface area contributed by atoms with E-state index in [-0.39, 0.29) is 42.7 Å². The Balaban J connectivity index is 1.34. The van der Waals surface area contributed by atoms with E-state index in [1.54, 1.807) is 41.4 Å². The van der Waals surface area contributed by atoms with Crippen molar-refractivity contribution in [2.75, 3.05) is 33.3 Å². The van der Waals surface area contributed by atoms with Gasteiger partial charge in [-0.3, -0.25) is 9.78 Å². The third-order valence-electron chi connectivity index (χ3n) is 5.48. The molecule has 1 aromatic heterocycles. The molecule has 0 N–H and O–H groups in total. The van der Waals surface area contributed by atoms with Crippen LogP contribution in [-0.2, 0) is 14.8 Å². The van der Waals surface area contributed by atoms with Gasteiger partial charge in [0.2, 0.25) is 15.9 Å². The second-order valence-corrected chi connectivity index (χ2v) is 9.66. The molecule has 1 saturated heterocycles. The molecule has 0 atom stereocenters. The zero-order valence-electron chi connectivity index (χ0n) is 19.0. The van der Waals surface area contributed by atoms with Crippen molar-refractivity contribution >= 4 is 22.0 Å². The lowest BCUT2D eigenvalue weighted by Crippen LogP contribution is -2.50. The molecule has 2 heterocycles. The van der Waals surface area contributed by atoms with Crippen molar-refractivity contribution in [3.05, 3.63) is 84.4 Å². The third kappa shape index (κ3) is 5.84. The van der Waals surface area contributed by atoms with Crippen LogP contribution in [0.2, 0.25) is 0 Å². The molecule has 1 amide bonds. The second-order valence-electron chi connectivity index (χ2n) is 7.72. The van der Waals surface area contributed by atoms with Crippen molar-refractivity contribution in [2.24, 2.45) is 0 Å². The first-order valence-electron chi connectivity index (χ1n) is 10.9. The summed E-state index contributed by atoms with van der Waals surface area (Å²) in [5, 5.41) is 0. The SMILES string of the molecule is COc1ccc(S(=O)(=O)N2CCN(C(=O)/C=C/c3ccc(Oc4cccnc4)c(F)c3)CC2)cc1. The highest BCUT2D eigenvalue weighted by Crippen LogP contribution is 2.25. The highest BCUT2D eigenvalue weighted by molar-refractivity contribution is 7.89. The van der Waals surface area contributed by atoms with Crippen molar-refractivity contribution in [2.45, 2.75) is 4.90 Å². The Morgan fingerprint density at radius 2 is 1.77 bits per heavy atom. The van der Waals surface area contributed by atoms with Crippen molar-refractivity contribution in [1.82, 2.24) is 14.2 Å². The minimum Gasteiger partial charge on any atom is -0.497 e. The first kappa shape index (κ1) is 24.4. The number of hydrogen-bond acceptors (Lipinski definition) is 6. The molecule has 182 valence electrons. The van der Waals surface area contributed by atoms with Gasteiger partial charge in [-0.1, -0.05) is 6.07 Å². The van der Waals surface area contributed by atoms with Gasteiger partial charge >= 0.3 is 0 Å². The Morgan fingerprint density at radius 1 is 1.03 bits per heavy atom. The van der Waals surface area contributed by atoms with E-state index in [2.05, 4.69) is 4.98 Å². The van der Waals surface area contributed by atoms with Gasteiger partial charge in [-0.15, -0.1) is 0 Å². The Kier molecular flexibility index (Phi) is 7.42. The number of piperazine rings is 1. The quantitative estimate of drug-likeness (QED) is 0.464. The monoisotopic (exact) mass is 497 g/mol. The molecule has 0 radical (unpaired) electrons. The van der Waals surface area contributed by atoms with E-state index in [0.717, 1.165) is 0 Å². The first-order chi connectivity index (χ1) is 16.9. The van der Waals surface area contributed by atoms with E-state index < -0.39 is 15.8 Å². The summed E-state index contributed by atoms with van der Waals surface area (Å²) in [6.07, 6.45) is 5.94. The standard InChI is InChI=1S/C25H24FN3O5S/c1-33-20-6-8-22(9-7-20)35(31,32)29-15-13-28(14-16-29)25(30)11-5-19-4-10-24(23(26)17-19)34-21-3-2-12-27-18-21/h2-12,17-18H,13-16H2,1H3/b11-5+. The minimum atomic E-state index is -3.66. The van der Waals surface area contributed by atoms with E-state index >= 15 is 0 Å². The number of hydrogen-bond donors (Lipinski definition) is 0. The Morgan fingerprint density at radius 3 is 2.40 bits per heavy atom. The fourth-order valence-corrected chi connectivity index (χ4v) is 4.98. The number of carbonyl (C=O) groups excluding carboxylic acids is 1. The summed E-state index contributed by atoms with van der Waals surface area (Å²) in [5.74, 6) is 0.193. The van der Waals surface area contributed by atoms with Crippen LogP contribution in [0, 0.1) is 5.82 Å². The number of halogens is 1. The highest BCUT2D eigenvalue weighted by Gasteiger charge is 2.29. The van der Waals surface area contributed by atoms with Crippen LogP contribution in [0.15, 0.2) is 78.0 Å². The third-order valence-corrected chi connectivity index (χ3v) is 7.40. The first-order valence-corrected chi connectivity index (χ1v) is 12.3. The number of aromatic nitrogens is 1. The molecule has 0 unspecified atom stereocenters. The predicted octanol–water partition coefficient (Wildman–Crippen LogP) is 3.57. The van der Waals surface area contributed by atoms with Crippen LogP contribution in [0.1, 0.15) is 5.56 Å². The van der Waals surface area contributed by atoms with Crippen LogP contribution in [0.25, 0.3) is 6.08 Å². The van der Waals surface area contributed by atoms with Gasteiger partial charge in [0.15, 0.2) is 11.6 Å². The number of sulfonamides is 1. The fraction of sp³-hybridized carbons (Fsp3) is 0.200. The molecule has 1 aliphatic rings. The van der Waals surface area contributed by atoms with Crippen LogP contribution >= 0.6 is 0 Å². The van der Waals surface area contributed by atoms with Crippen molar-refractivity contribution in [1.29, 1.82) is 0 Å². The zero-order chi connectivity index (χ0) is 24.8. The molecule has 8 nitrogen and oxygen atoms in total. The summed E-state index contributed by atoms with van der Waals surface area (Å²) < 4.78 is 52.0. The Hall–Kier alpha value is -3.76. The van der Waals surface area contributed by atoms with Crippen LogP contribution < -0.4 is 9.47 Å². The maximum Gasteiger partial charge on any atom is 0.246 e. The average Bonchev–Trinajstić information content (AvgIpc) is 2.89. The number of amides is 1. The number of nitrogens with zero attached hydrogens (tertiary/aromatic N) is 3. The molecule has 0 spiro atoms. The van der Waals surface area contributed by atoms with Gasteiger partial charge in [-0.05, 0) is 60.2 Å². The summed E-state index contributed by atoms with van der Waals surface area (Å²) in [5.41, 5.74) is 0.495. The van der Waals surface area contributed by atoms with Gasteiger partial charge in [-0.25, -0.2) is 12.8 Å². The van der Waals surface area contributed by atoms with Crippen molar-refractivity contribution in [3.8, 4) is 17.2 Å². The average molecular weight is 498 g/mol. The zero-order valence-corrected chi connectivity index (χ0v) is 19.8. The summed E-state index contributed by atoms with van der Waals surface area (Å²) in [4.78, 5) is 18.3. The topological polar surface area (TPSA) is 89.0 Å². The second kappa shape index (κ2) is 10.7. The van der Waals surface area contributed by atoms with E-state index in [0.29, 0.717) is 17.1 Å². The molecule has 4 rings (SSSR count). The summed E-state index contributed by atoms with van der Waals surface area (Å²) in [6, 6.07) is 13.9. The molecule has 35 heavy (non-hydrogen) atoms. The van der Waals surface area contributed by atoms with Gasteiger partial charge in [0, 0.05) is 38.5 Å². The lowest BCUT2D eigenvalue weighted by atomic mass is 10.2. The number of methoxy groups -OCH3 is 1. The van der Waals surface area contributed by atoms with E-state index in [1.807, 2.05) is 0 Å². The van der Waals surface area contributed by atoms with Crippen LogP contribution in [0.4, 0.5) is 4.39 Å². The van der Waals surface area contributed by atoms with Gasteiger partial charge in [0.25, 0.3) is 0 Å². The summed E-state index contributed by atoms with van der Waals surface area (Å²) in [7, 11) is -2.15. The van der Waals surface area contributed by atoms with Crippen molar-refractivity contribution < 1.29 is 27.1 Å². The number of benzene rings is 2. The fourth-order valence-electron chi connectivity index (χ4n) is 3.56. The lowest BCUT2D eigenvalue weighted by Gasteiger charge is -2.33. The largest absolute Gasteiger partial charge is 0.497 e. The highest BCUT2D eigenvalue weighted by atomic mass is 32.2.